The third-order valence-electron chi connectivity index (χ3n) is 4.06. The molecule has 2 aromatic rings. The molecule has 6 heteroatoms. The van der Waals surface area contributed by atoms with Gasteiger partial charge < -0.3 is 15.4 Å². The molecule has 0 bridgehead atoms. The van der Waals surface area contributed by atoms with Crippen LogP contribution in [0.3, 0.4) is 0 Å². The van der Waals surface area contributed by atoms with E-state index in [1.807, 2.05) is 18.2 Å². The predicted octanol–water partition coefficient (Wildman–Crippen LogP) is 3.73. The van der Waals surface area contributed by atoms with Gasteiger partial charge in [-0.2, -0.15) is 0 Å². The highest BCUT2D eigenvalue weighted by Crippen LogP contribution is 2.23. The molecule has 0 saturated heterocycles. The average molecular weight is 329 g/mol. The van der Waals surface area contributed by atoms with E-state index < -0.39 is 5.82 Å². The van der Waals surface area contributed by atoms with E-state index in [4.69, 9.17) is 4.74 Å². The highest BCUT2D eigenvalue weighted by molar-refractivity contribution is 5.89. The van der Waals surface area contributed by atoms with Gasteiger partial charge in [0.25, 0.3) is 0 Å². The molecule has 24 heavy (non-hydrogen) atoms. The first-order valence-corrected chi connectivity index (χ1v) is 8.10. The summed E-state index contributed by atoms with van der Waals surface area (Å²) in [5, 5.41) is 5.43. The smallest absolute Gasteiger partial charge is 0.319 e. The molecular weight excluding hydrogens is 309 g/mol. The van der Waals surface area contributed by atoms with E-state index in [0.717, 1.165) is 25.7 Å². The summed E-state index contributed by atoms with van der Waals surface area (Å²) in [6.45, 7) is 0. The number of amides is 2. The Morgan fingerprint density at radius 3 is 2.54 bits per heavy atom. The minimum Gasteiger partial charge on any atom is -0.474 e. The first kappa shape index (κ1) is 16.2. The largest absolute Gasteiger partial charge is 0.474 e. The summed E-state index contributed by atoms with van der Waals surface area (Å²) in [4.78, 5) is 16.1. The zero-order chi connectivity index (χ0) is 16.8. The molecular formula is C18H20FN3O2. The molecule has 3 rings (SSSR count). The monoisotopic (exact) mass is 329 g/mol. The van der Waals surface area contributed by atoms with Crippen molar-refractivity contribution in [1.29, 1.82) is 0 Å². The summed E-state index contributed by atoms with van der Waals surface area (Å²) < 4.78 is 19.4. The molecule has 1 aromatic carbocycles. The van der Waals surface area contributed by atoms with Gasteiger partial charge in [-0.25, -0.2) is 14.2 Å². The number of benzene rings is 1. The Balaban J connectivity index is 1.43. The topological polar surface area (TPSA) is 63.2 Å². The molecule has 0 aliphatic heterocycles. The molecule has 2 N–H and O–H groups in total. The van der Waals surface area contributed by atoms with Crippen LogP contribution in [0, 0.1) is 5.82 Å². The number of nitrogens with one attached hydrogen (secondary N) is 2. The van der Waals surface area contributed by atoms with Gasteiger partial charge in [-0.05, 0) is 43.9 Å². The number of carbonyl (C=O) groups excluding carboxylic acids is 1. The SMILES string of the molecule is O=C(Nc1ccccc1F)NC1CCC(Oc2ccccn2)CC1. The summed E-state index contributed by atoms with van der Waals surface area (Å²) in [6, 6.07) is 11.4. The second-order valence-corrected chi connectivity index (χ2v) is 5.84. The van der Waals surface area contributed by atoms with Gasteiger partial charge in [0.05, 0.1) is 5.69 Å². The second kappa shape index (κ2) is 7.77. The van der Waals surface area contributed by atoms with Crippen molar-refractivity contribution >= 4 is 11.7 Å². The highest BCUT2D eigenvalue weighted by atomic mass is 19.1. The zero-order valence-electron chi connectivity index (χ0n) is 13.2. The fourth-order valence-corrected chi connectivity index (χ4v) is 2.82. The summed E-state index contributed by atoms with van der Waals surface area (Å²) in [5.41, 5.74) is 0.183. The molecule has 5 nitrogen and oxygen atoms in total. The van der Waals surface area contributed by atoms with Crippen LogP contribution < -0.4 is 15.4 Å². The van der Waals surface area contributed by atoms with Crippen LogP contribution in [0.5, 0.6) is 5.88 Å². The molecule has 0 radical (unpaired) electrons. The Morgan fingerprint density at radius 1 is 1.08 bits per heavy atom. The fraction of sp³-hybridized carbons (Fsp3) is 0.333. The number of hydrogen-bond donors (Lipinski definition) is 2. The Bertz CT molecular complexity index is 673. The average Bonchev–Trinajstić information content (AvgIpc) is 2.60. The number of anilines is 1. The summed E-state index contributed by atoms with van der Waals surface area (Å²) >= 11 is 0. The quantitative estimate of drug-likeness (QED) is 0.898. The Morgan fingerprint density at radius 2 is 1.83 bits per heavy atom. The number of urea groups is 1. The molecule has 1 aromatic heterocycles. The maximum atomic E-state index is 13.5. The first-order chi connectivity index (χ1) is 11.7. The lowest BCUT2D eigenvalue weighted by Gasteiger charge is -2.29. The first-order valence-electron chi connectivity index (χ1n) is 8.10. The highest BCUT2D eigenvalue weighted by Gasteiger charge is 2.24. The van der Waals surface area contributed by atoms with E-state index in [0.29, 0.717) is 5.88 Å². The van der Waals surface area contributed by atoms with Crippen molar-refractivity contribution < 1.29 is 13.9 Å². The lowest BCUT2D eigenvalue weighted by Crippen LogP contribution is -2.41. The molecule has 1 saturated carbocycles. The van der Waals surface area contributed by atoms with Gasteiger partial charge in [-0.15, -0.1) is 0 Å². The van der Waals surface area contributed by atoms with E-state index in [2.05, 4.69) is 15.6 Å². The standard InChI is InChI=1S/C18H20FN3O2/c19-15-5-1-2-6-16(15)22-18(23)21-13-8-10-14(11-9-13)24-17-7-3-4-12-20-17/h1-7,12-14H,8-11H2,(H2,21,22,23). The predicted molar refractivity (Wildman–Crippen MR) is 89.5 cm³/mol. The van der Waals surface area contributed by atoms with Gasteiger partial charge in [-0.3, -0.25) is 0 Å². The van der Waals surface area contributed by atoms with Gasteiger partial charge in [0, 0.05) is 18.3 Å². The number of carbonyl (C=O) groups is 1. The van der Waals surface area contributed by atoms with Crippen LogP contribution in [0.15, 0.2) is 48.7 Å². The minimum atomic E-state index is -0.444. The maximum absolute atomic E-state index is 13.5. The van der Waals surface area contributed by atoms with Crippen molar-refractivity contribution in [2.45, 2.75) is 37.8 Å². The molecule has 0 spiro atoms. The van der Waals surface area contributed by atoms with E-state index in [1.165, 1.54) is 12.1 Å². The van der Waals surface area contributed by atoms with E-state index in [1.54, 1.807) is 18.3 Å². The zero-order valence-corrected chi connectivity index (χ0v) is 13.2. The molecule has 1 aliphatic carbocycles. The van der Waals surface area contributed by atoms with Gasteiger partial charge >= 0.3 is 6.03 Å². The maximum Gasteiger partial charge on any atom is 0.319 e. The Kier molecular flexibility index (Phi) is 5.25. The van der Waals surface area contributed by atoms with Gasteiger partial charge in [0.15, 0.2) is 0 Å². The van der Waals surface area contributed by atoms with Crippen molar-refractivity contribution in [3.63, 3.8) is 0 Å². The second-order valence-electron chi connectivity index (χ2n) is 5.84. The number of nitrogens with zero attached hydrogens (tertiary/aromatic N) is 1. The van der Waals surface area contributed by atoms with E-state index >= 15 is 0 Å². The van der Waals surface area contributed by atoms with Crippen molar-refractivity contribution in [3.05, 3.63) is 54.5 Å². The van der Waals surface area contributed by atoms with Crippen LogP contribution in [0.1, 0.15) is 25.7 Å². The molecule has 1 heterocycles. The normalized spacial score (nSPS) is 20.2. The van der Waals surface area contributed by atoms with Crippen LogP contribution >= 0.6 is 0 Å². The molecule has 2 amide bonds. The van der Waals surface area contributed by atoms with Crippen molar-refractivity contribution in [3.8, 4) is 5.88 Å². The van der Waals surface area contributed by atoms with Gasteiger partial charge in [0.2, 0.25) is 5.88 Å². The number of halogens is 1. The number of pyridine rings is 1. The molecule has 1 fully saturated rings. The third-order valence-corrected chi connectivity index (χ3v) is 4.06. The lowest BCUT2D eigenvalue weighted by molar-refractivity contribution is 0.135. The van der Waals surface area contributed by atoms with Crippen LogP contribution in [-0.4, -0.2) is 23.2 Å². The van der Waals surface area contributed by atoms with Crippen molar-refractivity contribution in [2.75, 3.05) is 5.32 Å². The lowest BCUT2D eigenvalue weighted by atomic mass is 9.93. The van der Waals surface area contributed by atoms with E-state index in [9.17, 15) is 9.18 Å². The molecule has 1 aliphatic rings. The Labute approximate surface area is 140 Å². The molecule has 0 unspecified atom stereocenters. The van der Waals surface area contributed by atoms with Crippen LogP contribution in [-0.2, 0) is 0 Å². The molecule has 0 atom stereocenters. The minimum absolute atomic E-state index is 0.0698. The third kappa shape index (κ3) is 4.44. The summed E-state index contributed by atoms with van der Waals surface area (Å²) in [6.07, 6.45) is 5.16. The number of rotatable bonds is 4. The van der Waals surface area contributed by atoms with Crippen molar-refractivity contribution in [2.24, 2.45) is 0 Å². The fourth-order valence-electron chi connectivity index (χ4n) is 2.82. The van der Waals surface area contributed by atoms with Crippen molar-refractivity contribution in [1.82, 2.24) is 10.3 Å². The summed E-state index contributed by atoms with van der Waals surface area (Å²) in [7, 11) is 0. The molecule has 126 valence electrons. The van der Waals surface area contributed by atoms with Crippen LogP contribution in [0.25, 0.3) is 0 Å². The van der Waals surface area contributed by atoms with Crippen LogP contribution in [0.2, 0.25) is 0 Å². The number of hydrogen-bond acceptors (Lipinski definition) is 3. The van der Waals surface area contributed by atoms with Crippen LogP contribution in [0.4, 0.5) is 14.9 Å². The number of aromatic nitrogens is 1. The van der Waals surface area contributed by atoms with Gasteiger partial charge in [-0.1, -0.05) is 18.2 Å². The van der Waals surface area contributed by atoms with E-state index in [-0.39, 0.29) is 23.9 Å². The Hall–Kier alpha value is -2.63. The summed E-state index contributed by atoms with van der Waals surface area (Å²) in [5.74, 6) is 0.186. The van der Waals surface area contributed by atoms with Gasteiger partial charge in [0.1, 0.15) is 11.9 Å². The number of ether oxygens (including phenoxy) is 1. The number of para-hydroxylation sites is 1.